The van der Waals surface area contributed by atoms with Gasteiger partial charge in [0.1, 0.15) is 5.75 Å². The van der Waals surface area contributed by atoms with E-state index < -0.39 is 0 Å². The van der Waals surface area contributed by atoms with Gasteiger partial charge < -0.3 is 10.1 Å². The number of hydrogen-bond donors (Lipinski definition) is 1. The van der Waals surface area contributed by atoms with Crippen molar-refractivity contribution in [3.05, 3.63) is 28.8 Å². The van der Waals surface area contributed by atoms with E-state index in [1.165, 1.54) is 18.4 Å². The second-order valence-electron chi connectivity index (χ2n) is 4.70. The van der Waals surface area contributed by atoms with Crippen molar-refractivity contribution in [2.24, 2.45) is 5.92 Å². The van der Waals surface area contributed by atoms with Gasteiger partial charge in [-0.3, -0.25) is 0 Å². The van der Waals surface area contributed by atoms with E-state index in [2.05, 4.69) is 18.3 Å². The van der Waals surface area contributed by atoms with E-state index in [-0.39, 0.29) is 0 Å². The van der Waals surface area contributed by atoms with Gasteiger partial charge in [-0.05, 0) is 49.4 Å². The van der Waals surface area contributed by atoms with Crippen LogP contribution in [0.15, 0.2) is 18.2 Å². The molecule has 0 radical (unpaired) electrons. The van der Waals surface area contributed by atoms with Gasteiger partial charge in [-0.1, -0.05) is 24.6 Å². The molecular weight excluding hydrogens is 234 g/mol. The van der Waals surface area contributed by atoms with E-state index in [1.54, 1.807) is 0 Å². The molecule has 94 valence electrons. The molecule has 1 aromatic rings. The summed E-state index contributed by atoms with van der Waals surface area (Å²) in [4.78, 5) is 0. The number of nitrogens with one attached hydrogen (secondary N) is 1. The van der Waals surface area contributed by atoms with E-state index in [0.717, 1.165) is 42.8 Å². The van der Waals surface area contributed by atoms with Crippen molar-refractivity contribution in [1.82, 2.24) is 5.32 Å². The van der Waals surface area contributed by atoms with Gasteiger partial charge in [-0.2, -0.15) is 0 Å². The summed E-state index contributed by atoms with van der Waals surface area (Å²) in [6.45, 7) is 4.88. The highest BCUT2D eigenvalue weighted by Gasteiger charge is 2.22. The smallest absolute Gasteiger partial charge is 0.137 e. The molecule has 0 heterocycles. The maximum atomic E-state index is 6.19. The predicted octanol–water partition coefficient (Wildman–Crippen LogP) is 3.63. The highest BCUT2D eigenvalue weighted by atomic mass is 35.5. The van der Waals surface area contributed by atoms with Crippen molar-refractivity contribution in [2.45, 2.75) is 32.7 Å². The molecule has 1 N–H and O–H groups in total. The molecule has 0 unspecified atom stereocenters. The van der Waals surface area contributed by atoms with Crippen LogP contribution in [0.2, 0.25) is 5.02 Å². The van der Waals surface area contributed by atoms with Crippen molar-refractivity contribution >= 4 is 11.6 Å². The lowest BCUT2D eigenvalue weighted by Gasteiger charge is -2.09. The van der Waals surface area contributed by atoms with Crippen molar-refractivity contribution in [3.8, 4) is 5.75 Å². The maximum Gasteiger partial charge on any atom is 0.137 e. The van der Waals surface area contributed by atoms with Crippen LogP contribution in [0.4, 0.5) is 0 Å². The Morgan fingerprint density at radius 3 is 2.88 bits per heavy atom. The number of hydrogen-bond acceptors (Lipinski definition) is 2. The van der Waals surface area contributed by atoms with Crippen LogP contribution in [-0.4, -0.2) is 13.2 Å². The SMILES string of the molecule is CCCNCc1ccc(OCC2CC2)c(Cl)c1. The topological polar surface area (TPSA) is 21.3 Å². The molecule has 2 rings (SSSR count). The molecule has 1 aliphatic carbocycles. The van der Waals surface area contributed by atoms with Crippen molar-refractivity contribution in [1.29, 1.82) is 0 Å². The number of rotatable bonds is 7. The quantitative estimate of drug-likeness (QED) is 0.750. The Hall–Kier alpha value is -0.730. The molecule has 17 heavy (non-hydrogen) atoms. The average Bonchev–Trinajstić information content (AvgIpc) is 3.12. The Kier molecular flexibility index (Phi) is 4.69. The first-order valence-electron chi connectivity index (χ1n) is 6.41. The van der Waals surface area contributed by atoms with Crippen LogP contribution in [0.25, 0.3) is 0 Å². The zero-order valence-electron chi connectivity index (χ0n) is 10.3. The molecule has 1 aliphatic rings. The highest BCUT2D eigenvalue weighted by Crippen LogP contribution is 2.32. The largest absolute Gasteiger partial charge is 0.492 e. The summed E-state index contributed by atoms with van der Waals surface area (Å²) in [7, 11) is 0. The molecule has 1 aromatic carbocycles. The molecule has 0 saturated heterocycles. The van der Waals surface area contributed by atoms with Crippen molar-refractivity contribution < 1.29 is 4.74 Å². The van der Waals surface area contributed by atoms with E-state index in [9.17, 15) is 0 Å². The third-order valence-corrected chi connectivity index (χ3v) is 3.22. The molecule has 1 fully saturated rings. The van der Waals surface area contributed by atoms with E-state index >= 15 is 0 Å². The van der Waals surface area contributed by atoms with E-state index in [4.69, 9.17) is 16.3 Å². The van der Waals surface area contributed by atoms with Gasteiger partial charge in [-0.25, -0.2) is 0 Å². The van der Waals surface area contributed by atoms with Crippen LogP contribution in [0.3, 0.4) is 0 Å². The van der Waals surface area contributed by atoms with Crippen LogP contribution in [-0.2, 0) is 6.54 Å². The summed E-state index contributed by atoms with van der Waals surface area (Å²) in [5, 5.41) is 4.08. The first kappa shape index (κ1) is 12.7. The van der Waals surface area contributed by atoms with Gasteiger partial charge >= 0.3 is 0 Å². The fraction of sp³-hybridized carbons (Fsp3) is 0.571. The summed E-state index contributed by atoms with van der Waals surface area (Å²) in [6, 6.07) is 6.05. The van der Waals surface area contributed by atoms with Gasteiger partial charge in [0.05, 0.1) is 11.6 Å². The monoisotopic (exact) mass is 253 g/mol. The minimum absolute atomic E-state index is 0.724. The molecule has 0 amide bonds. The minimum atomic E-state index is 0.724. The predicted molar refractivity (Wildman–Crippen MR) is 71.7 cm³/mol. The summed E-state index contributed by atoms with van der Waals surface area (Å²) in [5.41, 5.74) is 1.21. The molecule has 0 atom stereocenters. The standard InChI is InChI=1S/C14H20ClNO/c1-2-7-16-9-12-5-6-14(13(15)8-12)17-10-11-3-4-11/h5-6,8,11,16H,2-4,7,9-10H2,1H3. The Bertz CT molecular complexity index is 363. The maximum absolute atomic E-state index is 6.19. The van der Waals surface area contributed by atoms with Gasteiger partial charge in [0.25, 0.3) is 0 Å². The fourth-order valence-electron chi connectivity index (χ4n) is 1.67. The zero-order chi connectivity index (χ0) is 12.1. The second-order valence-corrected chi connectivity index (χ2v) is 5.10. The third-order valence-electron chi connectivity index (χ3n) is 2.92. The minimum Gasteiger partial charge on any atom is -0.492 e. The van der Waals surface area contributed by atoms with Crippen LogP contribution < -0.4 is 10.1 Å². The Labute approximate surface area is 108 Å². The molecule has 3 heteroatoms. The van der Waals surface area contributed by atoms with Crippen LogP contribution in [0, 0.1) is 5.92 Å². The Morgan fingerprint density at radius 2 is 2.24 bits per heavy atom. The van der Waals surface area contributed by atoms with Gasteiger partial charge in [0.15, 0.2) is 0 Å². The van der Waals surface area contributed by atoms with Crippen LogP contribution in [0.1, 0.15) is 31.7 Å². The van der Waals surface area contributed by atoms with Crippen LogP contribution >= 0.6 is 11.6 Å². The zero-order valence-corrected chi connectivity index (χ0v) is 11.1. The molecular formula is C14H20ClNO. The lowest BCUT2D eigenvalue weighted by Crippen LogP contribution is -2.13. The van der Waals surface area contributed by atoms with Crippen molar-refractivity contribution in [3.63, 3.8) is 0 Å². The van der Waals surface area contributed by atoms with Gasteiger partial charge in [-0.15, -0.1) is 0 Å². The number of benzene rings is 1. The van der Waals surface area contributed by atoms with Crippen molar-refractivity contribution in [2.75, 3.05) is 13.2 Å². The molecule has 0 aromatic heterocycles. The first-order chi connectivity index (χ1) is 8.29. The molecule has 2 nitrogen and oxygen atoms in total. The van der Waals surface area contributed by atoms with Crippen LogP contribution in [0.5, 0.6) is 5.75 Å². The lowest BCUT2D eigenvalue weighted by atomic mass is 10.2. The van der Waals surface area contributed by atoms with E-state index in [0.29, 0.717) is 0 Å². The molecule has 1 saturated carbocycles. The highest BCUT2D eigenvalue weighted by molar-refractivity contribution is 6.32. The molecule has 0 bridgehead atoms. The Balaban J connectivity index is 1.85. The summed E-state index contributed by atoms with van der Waals surface area (Å²) in [5.74, 6) is 1.58. The third kappa shape index (κ3) is 4.21. The second kappa shape index (κ2) is 6.27. The normalized spacial score (nSPS) is 14.9. The lowest BCUT2D eigenvalue weighted by molar-refractivity contribution is 0.300. The Morgan fingerprint density at radius 1 is 1.41 bits per heavy atom. The summed E-state index contributed by atoms with van der Waals surface area (Å²) >= 11 is 6.19. The fourth-order valence-corrected chi connectivity index (χ4v) is 1.93. The van der Waals surface area contributed by atoms with Gasteiger partial charge in [0.2, 0.25) is 0 Å². The average molecular weight is 254 g/mol. The summed E-state index contributed by atoms with van der Waals surface area (Å²) < 4.78 is 5.69. The molecule has 0 aliphatic heterocycles. The molecule has 0 spiro atoms. The summed E-state index contributed by atoms with van der Waals surface area (Å²) in [6.07, 6.45) is 3.75. The van der Waals surface area contributed by atoms with E-state index in [1.807, 2.05) is 12.1 Å². The first-order valence-corrected chi connectivity index (χ1v) is 6.79. The van der Waals surface area contributed by atoms with Gasteiger partial charge in [0, 0.05) is 6.54 Å². The number of ether oxygens (including phenoxy) is 1. The number of halogens is 1.